The predicted octanol–water partition coefficient (Wildman–Crippen LogP) is 2.29. The van der Waals surface area contributed by atoms with Crippen molar-refractivity contribution in [3.8, 4) is 0 Å². The lowest BCUT2D eigenvalue weighted by atomic mass is 10.0. The highest BCUT2D eigenvalue weighted by atomic mass is 127. The summed E-state index contributed by atoms with van der Waals surface area (Å²) in [5.74, 6) is 1.80. The number of halogens is 1. The molecule has 1 aliphatic rings. The summed E-state index contributed by atoms with van der Waals surface area (Å²) in [6.45, 7) is 13.0. The van der Waals surface area contributed by atoms with E-state index < -0.39 is 0 Å². The molecule has 0 aromatic heterocycles. The van der Waals surface area contributed by atoms with Gasteiger partial charge in [0.1, 0.15) is 0 Å². The first-order valence-electron chi connectivity index (χ1n) is 7.28. The molecule has 1 fully saturated rings. The summed E-state index contributed by atoms with van der Waals surface area (Å²) < 4.78 is 0. The second-order valence-corrected chi connectivity index (χ2v) is 6.06. The smallest absolute Gasteiger partial charge is 0.188 e. The molecule has 114 valence electrons. The van der Waals surface area contributed by atoms with Gasteiger partial charge in [-0.3, -0.25) is 9.89 Å². The van der Waals surface area contributed by atoms with Crippen LogP contribution >= 0.6 is 24.0 Å². The molecule has 1 heterocycles. The number of guanidine groups is 1. The Labute approximate surface area is 135 Å². The van der Waals surface area contributed by atoms with Crippen molar-refractivity contribution in [2.45, 2.75) is 46.6 Å². The molecule has 0 aliphatic carbocycles. The Bertz CT molecular complexity index is 260. The Morgan fingerprint density at radius 2 is 1.79 bits per heavy atom. The highest BCUT2D eigenvalue weighted by molar-refractivity contribution is 14.0. The van der Waals surface area contributed by atoms with Gasteiger partial charge in [0, 0.05) is 19.1 Å². The summed E-state index contributed by atoms with van der Waals surface area (Å²) in [6.07, 6.45) is 2.67. The summed E-state index contributed by atoms with van der Waals surface area (Å²) in [6, 6.07) is 0.570. The Kier molecular flexibility index (Phi) is 9.78. The van der Waals surface area contributed by atoms with Crippen LogP contribution in [0.2, 0.25) is 0 Å². The fourth-order valence-electron chi connectivity index (χ4n) is 2.41. The number of likely N-dealkylation sites (tertiary alicyclic amines) is 1. The van der Waals surface area contributed by atoms with Gasteiger partial charge in [-0.2, -0.15) is 0 Å². The van der Waals surface area contributed by atoms with E-state index in [1.54, 1.807) is 0 Å². The normalized spacial score (nSPS) is 18.7. The first kappa shape index (κ1) is 19.0. The van der Waals surface area contributed by atoms with Crippen molar-refractivity contribution >= 4 is 29.9 Å². The van der Waals surface area contributed by atoms with Crippen molar-refractivity contribution in [2.75, 3.05) is 26.2 Å². The molecule has 1 saturated heterocycles. The molecule has 4 nitrogen and oxygen atoms in total. The van der Waals surface area contributed by atoms with E-state index in [0.717, 1.165) is 13.1 Å². The van der Waals surface area contributed by atoms with Crippen molar-refractivity contribution in [2.24, 2.45) is 22.6 Å². The molecule has 0 radical (unpaired) electrons. The quantitative estimate of drug-likeness (QED) is 0.421. The molecule has 0 amide bonds. The second kappa shape index (κ2) is 9.80. The van der Waals surface area contributed by atoms with Crippen LogP contribution < -0.4 is 11.1 Å². The van der Waals surface area contributed by atoms with Crippen molar-refractivity contribution < 1.29 is 0 Å². The number of hydrogen-bond donors (Lipinski definition) is 2. The van der Waals surface area contributed by atoms with Crippen LogP contribution in [-0.2, 0) is 0 Å². The fourth-order valence-corrected chi connectivity index (χ4v) is 2.41. The number of rotatable bonds is 6. The minimum atomic E-state index is 0. The molecule has 0 aromatic carbocycles. The summed E-state index contributed by atoms with van der Waals surface area (Å²) >= 11 is 0. The first-order valence-corrected chi connectivity index (χ1v) is 7.28. The Hall–Kier alpha value is -0.0400. The molecule has 1 rings (SSSR count). The SMILES string of the molecule is CC(C)CN=C(N)NCC(C(C)C)N1CCCC1.I. The maximum Gasteiger partial charge on any atom is 0.188 e. The lowest BCUT2D eigenvalue weighted by Gasteiger charge is -2.31. The zero-order valence-electron chi connectivity index (χ0n) is 12.9. The van der Waals surface area contributed by atoms with Crippen LogP contribution in [0.15, 0.2) is 4.99 Å². The number of aliphatic imine (C=N–C) groups is 1. The van der Waals surface area contributed by atoms with Gasteiger partial charge >= 0.3 is 0 Å². The third-order valence-electron chi connectivity index (χ3n) is 3.50. The van der Waals surface area contributed by atoms with E-state index >= 15 is 0 Å². The van der Waals surface area contributed by atoms with Gasteiger partial charge in [-0.1, -0.05) is 27.7 Å². The molecule has 0 saturated carbocycles. The van der Waals surface area contributed by atoms with Crippen molar-refractivity contribution in [1.82, 2.24) is 10.2 Å². The van der Waals surface area contributed by atoms with E-state index in [4.69, 9.17) is 5.73 Å². The van der Waals surface area contributed by atoms with E-state index in [1.165, 1.54) is 25.9 Å². The fraction of sp³-hybridized carbons (Fsp3) is 0.929. The third-order valence-corrected chi connectivity index (χ3v) is 3.50. The highest BCUT2D eigenvalue weighted by Crippen LogP contribution is 2.16. The number of nitrogens with two attached hydrogens (primary N) is 1. The van der Waals surface area contributed by atoms with E-state index in [1.807, 2.05) is 0 Å². The van der Waals surface area contributed by atoms with Crippen LogP contribution in [-0.4, -0.2) is 43.1 Å². The average molecular weight is 382 g/mol. The van der Waals surface area contributed by atoms with Gasteiger partial charge in [-0.25, -0.2) is 0 Å². The van der Waals surface area contributed by atoms with Gasteiger partial charge < -0.3 is 11.1 Å². The van der Waals surface area contributed by atoms with E-state index in [-0.39, 0.29) is 24.0 Å². The standard InChI is InChI=1S/C14H30N4.HI/c1-11(2)9-16-14(15)17-10-13(12(3)4)18-7-5-6-8-18;/h11-13H,5-10H2,1-4H3,(H3,15,16,17);1H. The topological polar surface area (TPSA) is 53.6 Å². The zero-order chi connectivity index (χ0) is 13.5. The highest BCUT2D eigenvalue weighted by Gasteiger charge is 2.24. The maximum atomic E-state index is 5.89. The largest absolute Gasteiger partial charge is 0.370 e. The molecule has 1 aliphatic heterocycles. The number of hydrogen-bond acceptors (Lipinski definition) is 2. The molecule has 0 bridgehead atoms. The molecular formula is C14H31IN4. The van der Waals surface area contributed by atoms with Gasteiger partial charge in [-0.05, 0) is 37.8 Å². The van der Waals surface area contributed by atoms with Crippen molar-refractivity contribution in [1.29, 1.82) is 0 Å². The van der Waals surface area contributed by atoms with Crippen LogP contribution in [0.1, 0.15) is 40.5 Å². The summed E-state index contributed by atoms with van der Waals surface area (Å²) in [4.78, 5) is 6.92. The van der Waals surface area contributed by atoms with E-state index in [2.05, 4.69) is 42.9 Å². The molecule has 5 heteroatoms. The van der Waals surface area contributed by atoms with Crippen LogP contribution in [0.3, 0.4) is 0 Å². The van der Waals surface area contributed by atoms with Gasteiger partial charge in [0.05, 0.1) is 0 Å². The maximum absolute atomic E-state index is 5.89. The molecule has 1 unspecified atom stereocenters. The third kappa shape index (κ3) is 7.34. The van der Waals surface area contributed by atoms with E-state index in [0.29, 0.717) is 23.8 Å². The predicted molar refractivity (Wildman–Crippen MR) is 94.2 cm³/mol. The average Bonchev–Trinajstić information content (AvgIpc) is 2.79. The van der Waals surface area contributed by atoms with Crippen LogP contribution in [0, 0.1) is 11.8 Å². The second-order valence-electron chi connectivity index (χ2n) is 6.06. The minimum Gasteiger partial charge on any atom is -0.370 e. The number of nitrogens with one attached hydrogen (secondary N) is 1. The van der Waals surface area contributed by atoms with Gasteiger partial charge in [0.2, 0.25) is 0 Å². The summed E-state index contributed by atoms with van der Waals surface area (Å²) in [5.41, 5.74) is 5.89. The monoisotopic (exact) mass is 382 g/mol. The Morgan fingerprint density at radius 1 is 1.21 bits per heavy atom. The van der Waals surface area contributed by atoms with Crippen LogP contribution in [0.5, 0.6) is 0 Å². The molecule has 1 atom stereocenters. The summed E-state index contributed by atoms with van der Waals surface area (Å²) in [5, 5.41) is 3.28. The van der Waals surface area contributed by atoms with Crippen LogP contribution in [0.25, 0.3) is 0 Å². The van der Waals surface area contributed by atoms with Gasteiger partial charge in [-0.15, -0.1) is 24.0 Å². The van der Waals surface area contributed by atoms with Crippen LogP contribution in [0.4, 0.5) is 0 Å². The Morgan fingerprint density at radius 3 is 2.26 bits per heavy atom. The van der Waals surface area contributed by atoms with Gasteiger partial charge in [0.15, 0.2) is 5.96 Å². The molecule has 19 heavy (non-hydrogen) atoms. The zero-order valence-corrected chi connectivity index (χ0v) is 15.2. The Balaban J connectivity index is 0.00000324. The number of nitrogens with zero attached hydrogens (tertiary/aromatic N) is 2. The van der Waals surface area contributed by atoms with Crippen molar-refractivity contribution in [3.63, 3.8) is 0 Å². The minimum absolute atomic E-state index is 0. The first-order chi connectivity index (χ1) is 8.50. The lowest BCUT2D eigenvalue weighted by Crippen LogP contribution is -2.47. The lowest BCUT2D eigenvalue weighted by molar-refractivity contribution is 0.192. The van der Waals surface area contributed by atoms with E-state index in [9.17, 15) is 0 Å². The molecule has 0 spiro atoms. The van der Waals surface area contributed by atoms with Gasteiger partial charge in [0.25, 0.3) is 0 Å². The molecule has 3 N–H and O–H groups in total. The molecular weight excluding hydrogens is 351 g/mol. The van der Waals surface area contributed by atoms with Crippen molar-refractivity contribution in [3.05, 3.63) is 0 Å². The molecule has 0 aromatic rings. The summed E-state index contributed by atoms with van der Waals surface area (Å²) in [7, 11) is 0.